The highest BCUT2D eigenvalue weighted by molar-refractivity contribution is 5.87. The van der Waals surface area contributed by atoms with E-state index in [0.717, 1.165) is 11.3 Å². The van der Waals surface area contributed by atoms with E-state index in [-0.39, 0.29) is 18.2 Å². The first kappa shape index (κ1) is 14.3. The maximum atomic E-state index is 10.9. The molecule has 1 unspecified atom stereocenters. The predicted molar refractivity (Wildman–Crippen MR) is 73.4 cm³/mol. The number of aliphatic hydroxyl groups is 1. The fraction of sp³-hybridized carbons (Fsp3) is 0.267. The number of carboxylic acids is 1. The monoisotopic (exact) mass is 275 g/mol. The molecule has 0 aliphatic carbocycles. The first-order chi connectivity index (χ1) is 9.70. The Morgan fingerprint density at radius 1 is 1.30 bits per heavy atom. The number of nitrogens with one attached hydrogen (secondary N) is 1. The Bertz CT molecular complexity index is 551. The van der Waals surface area contributed by atoms with Crippen LogP contribution in [0.15, 0.2) is 47.1 Å². The third-order valence-corrected chi connectivity index (χ3v) is 3.03. The van der Waals surface area contributed by atoms with E-state index in [2.05, 4.69) is 5.32 Å². The molecule has 0 fully saturated rings. The Morgan fingerprint density at radius 3 is 2.80 bits per heavy atom. The van der Waals surface area contributed by atoms with Gasteiger partial charge in [0.25, 0.3) is 0 Å². The Hall–Kier alpha value is -2.11. The molecule has 3 N–H and O–H groups in total. The highest BCUT2D eigenvalue weighted by Crippen LogP contribution is 2.17. The van der Waals surface area contributed by atoms with Crippen LogP contribution in [0.2, 0.25) is 0 Å². The van der Waals surface area contributed by atoms with Gasteiger partial charge in [-0.3, -0.25) is 0 Å². The van der Waals surface area contributed by atoms with E-state index in [9.17, 15) is 4.79 Å². The highest BCUT2D eigenvalue weighted by Gasteiger charge is 2.13. The Balaban J connectivity index is 2.02. The molecular weight excluding hydrogens is 258 g/mol. The van der Waals surface area contributed by atoms with Crippen molar-refractivity contribution in [2.24, 2.45) is 0 Å². The molecule has 0 aliphatic heterocycles. The molecule has 0 amide bonds. The summed E-state index contributed by atoms with van der Waals surface area (Å²) >= 11 is 0. The molecule has 106 valence electrons. The molecule has 1 aromatic heterocycles. The van der Waals surface area contributed by atoms with Crippen LogP contribution in [-0.2, 0) is 6.54 Å². The summed E-state index contributed by atoms with van der Waals surface area (Å²) in [4.78, 5) is 10.9. The van der Waals surface area contributed by atoms with E-state index in [1.807, 2.05) is 12.1 Å². The fourth-order valence-corrected chi connectivity index (χ4v) is 2.02. The number of carboxylic acid groups (broad SMARTS) is 1. The molecule has 0 spiro atoms. The van der Waals surface area contributed by atoms with Gasteiger partial charge >= 0.3 is 5.97 Å². The second kappa shape index (κ2) is 6.88. The number of aliphatic hydroxyl groups excluding tert-OH is 1. The van der Waals surface area contributed by atoms with Gasteiger partial charge in [0.05, 0.1) is 17.9 Å². The van der Waals surface area contributed by atoms with Crippen molar-refractivity contribution in [1.82, 2.24) is 5.32 Å². The summed E-state index contributed by atoms with van der Waals surface area (Å²) < 4.78 is 5.33. The number of rotatable bonds is 7. The largest absolute Gasteiger partial charge is 0.478 e. The molecule has 0 saturated heterocycles. The van der Waals surface area contributed by atoms with Gasteiger partial charge in [0.2, 0.25) is 0 Å². The molecule has 0 radical (unpaired) electrons. The van der Waals surface area contributed by atoms with Gasteiger partial charge < -0.3 is 19.9 Å². The minimum Gasteiger partial charge on any atom is -0.478 e. The number of hydrogen-bond acceptors (Lipinski definition) is 4. The van der Waals surface area contributed by atoms with Crippen molar-refractivity contribution in [2.45, 2.75) is 19.0 Å². The summed E-state index contributed by atoms with van der Waals surface area (Å²) in [6.45, 7) is 0.556. The summed E-state index contributed by atoms with van der Waals surface area (Å²) in [7, 11) is 0. The van der Waals surface area contributed by atoms with Gasteiger partial charge in [0, 0.05) is 13.2 Å². The van der Waals surface area contributed by atoms with Gasteiger partial charge in [-0.2, -0.15) is 0 Å². The predicted octanol–water partition coefficient (Wildman–Crippen LogP) is 2.19. The summed E-state index contributed by atoms with van der Waals surface area (Å²) in [6, 6.07) is 10.3. The number of furan rings is 1. The maximum absolute atomic E-state index is 10.9. The third-order valence-electron chi connectivity index (χ3n) is 3.03. The number of hydrogen-bond donors (Lipinski definition) is 3. The van der Waals surface area contributed by atoms with Crippen LogP contribution in [0.1, 0.15) is 34.1 Å². The smallest absolute Gasteiger partial charge is 0.335 e. The fourth-order valence-electron chi connectivity index (χ4n) is 2.02. The zero-order valence-corrected chi connectivity index (χ0v) is 11.0. The van der Waals surface area contributed by atoms with Crippen LogP contribution < -0.4 is 5.32 Å². The lowest BCUT2D eigenvalue weighted by Gasteiger charge is -2.15. The van der Waals surface area contributed by atoms with Crippen molar-refractivity contribution < 1.29 is 19.4 Å². The van der Waals surface area contributed by atoms with Gasteiger partial charge in [-0.25, -0.2) is 4.79 Å². The zero-order valence-electron chi connectivity index (χ0n) is 11.0. The molecule has 1 aromatic carbocycles. The maximum Gasteiger partial charge on any atom is 0.335 e. The molecule has 20 heavy (non-hydrogen) atoms. The lowest BCUT2D eigenvalue weighted by Crippen LogP contribution is -2.21. The lowest BCUT2D eigenvalue weighted by molar-refractivity contribution is 0.0696. The van der Waals surface area contributed by atoms with E-state index in [1.54, 1.807) is 30.5 Å². The summed E-state index contributed by atoms with van der Waals surface area (Å²) in [5, 5.41) is 21.3. The molecule has 1 heterocycles. The standard InChI is InChI=1S/C15H17NO4/c17-7-6-13(14-5-2-8-20-14)16-10-11-3-1-4-12(9-11)15(18)19/h1-5,8-9,13,16-17H,6-7,10H2,(H,18,19). The number of carbonyl (C=O) groups is 1. The van der Waals surface area contributed by atoms with Crippen molar-refractivity contribution in [3.8, 4) is 0 Å². The molecule has 2 aromatic rings. The van der Waals surface area contributed by atoms with E-state index in [4.69, 9.17) is 14.6 Å². The van der Waals surface area contributed by atoms with Crippen LogP contribution in [0.3, 0.4) is 0 Å². The topological polar surface area (TPSA) is 82.7 Å². The zero-order chi connectivity index (χ0) is 14.4. The van der Waals surface area contributed by atoms with Crippen molar-refractivity contribution >= 4 is 5.97 Å². The van der Waals surface area contributed by atoms with Gasteiger partial charge in [-0.15, -0.1) is 0 Å². The van der Waals surface area contributed by atoms with Crippen LogP contribution in [0.25, 0.3) is 0 Å². The molecule has 1 atom stereocenters. The van der Waals surface area contributed by atoms with Gasteiger partial charge in [0.15, 0.2) is 0 Å². The van der Waals surface area contributed by atoms with E-state index >= 15 is 0 Å². The number of aromatic carboxylic acids is 1. The van der Waals surface area contributed by atoms with E-state index in [0.29, 0.717) is 13.0 Å². The molecule has 2 rings (SSSR count). The average molecular weight is 275 g/mol. The molecule has 5 nitrogen and oxygen atoms in total. The van der Waals surface area contributed by atoms with Crippen LogP contribution in [0, 0.1) is 0 Å². The molecular formula is C15H17NO4. The van der Waals surface area contributed by atoms with E-state index < -0.39 is 5.97 Å². The highest BCUT2D eigenvalue weighted by atomic mass is 16.4. The SMILES string of the molecule is O=C(O)c1cccc(CNC(CCO)c2ccco2)c1. The van der Waals surface area contributed by atoms with Crippen molar-refractivity contribution in [1.29, 1.82) is 0 Å². The van der Waals surface area contributed by atoms with Gasteiger partial charge in [0.1, 0.15) is 5.76 Å². The van der Waals surface area contributed by atoms with Crippen LogP contribution in [0.5, 0.6) is 0 Å². The van der Waals surface area contributed by atoms with Gasteiger partial charge in [-0.05, 0) is 36.2 Å². The Morgan fingerprint density at radius 2 is 2.15 bits per heavy atom. The second-order valence-electron chi connectivity index (χ2n) is 4.47. The third kappa shape index (κ3) is 3.69. The molecule has 0 saturated carbocycles. The quantitative estimate of drug-likeness (QED) is 0.721. The second-order valence-corrected chi connectivity index (χ2v) is 4.47. The summed E-state index contributed by atoms with van der Waals surface area (Å²) in [6.07, 6.45) is 2.12. The van der Waals surface area contributed by atoms with Crippen LogP contribution in [-0.4, -0.2) is 22.8 Å². The van der Waals surface area contributed by atoms with Crippen molar-refractivity contribution in [2.75, 3.05) is 6.61 Å². The molecule has 5 heteroatoms. The Kier molecular flexibility index (Phi) is 4.92. The van der Waals surface area contributed by atoms with E-state index in [1.165, 1.54) is 0 Å². The first-order valence-corrected chi connectivity index (χ1v) is 6.40. The average Bonchev–Trinajstić information content (AvgIpc) is 2.97. The Labute approximate surface area is 116 Å². The molecule has 0 aliphatic rings. The van der Waals surface area contributed by atoms with Gasteiger partial charge in [-0.1, -0.05) is 12.1 Å². The summed E-state index contributed by atoms with van der Waals surface area (Å²) in [5.74, 6) is -0.182. The normalized spacial score (nSPS) is 12.2. The number of benzene rings is 1. The molecule has 0 bridgehead atoms. The van der Waals surface area contributed by atoms with Crippen molar-refractivity contribution in [3.05, 3.63) is 59.5 Å². The first-order valence-electron chi connectivity index (χ1n) is 6.40. The minimum atomic E-state index is -0.940. The van der Waals surface area contributed by atoms with Crippen molar-refractivity contribution in [3.63, 3.8) is 0 Å². The minimum absolute atomic E-state index is 0.0491. The van der Waals surface area contributed by atoms with Crippen LogP contribution >= 0.6 is 0 Å². The summed E-state index contributed by atoms with van der Waals surface area (Å²) in [5.41, 5.74) is 1.14. The lowest BCUT2D eigenvalue weighted by atomic mass is 10.1. The van der Waals surface area contributed by atoms with Crippen LogP contribution in [0.4, 0.5) is 0 Å².